The normalized spacial score (nSPS) is 13.3. The molecule has 17 heavy (non-hydrogen) atoms. The summed E-state index contributed by atoms with van der Waals surface area (Å²) in [5.74, 6) is 0. The maximum Gasteiger partial charge on any atom is 0.167 e. The van der Waals surface area contributed by atoms with Gasteiger partial charge in [-0.2, -0.15) is 0 Å². The minimum absolute atomic E-state index is 0.00655. The summed E-state index contributed by atoms with van der Waals surface area (Å²) < 4.78 is 5.46. The summed E-state index contributed by atoms with van der Waals surface area (Å²) in [6.45, 7) is 13.2. The topological polar surface area (TPSA) is 26.0 Å². The van der Waals surface area contributed by atoms with E-state index in [2.05, 4.69) is 52.8 Å². The highest BCUT2D eigenvalue weighted by molar-refractivity contribution is 5.85. The minimum atomic E-state index is 0.00655. The largest absolute Gasteiger partial charge is 0.356 e. The zero-order valence-corrected chi connectivity index (χ0v) is 11.6. The van der Waals surface area contributed by atoms with Crippen LogP contribution >= 0.6 is 0 Å². The van der Waals surface area contributed by atoms with E-state index >= 15 is 0 Å². The highest BCUT2D eigenvalue weighted by atomic mass is 16.5. The average Bonchev–Trinajstić information content (AvgIpc) is 2.57. The van der Waals surface area contributed by atoms with E-state index in [4.69, 9.17) is 4.52 Å². The predicted molar refractivity (Wildman–Crippen MR) is 71.4 cm³/mol. The molecule has 0 aliphatic heterocycles. The van der Waals surface area contributed by atoms with Crippen molar-refractivity contribution in [1.29, 1.82) is 0 Å². The van der Waals surface area contributed by atoms with Crippen LogP contribution in [-0.4, -0.2) is 5.16 Å². The fourth-order valence-electron chi connectivity index (χ4n) is 2.13. The highest BCUT2D eigenvalue weighted by Crippen LogP contribution is 2.36. The van der Waals surface area contributed by atoms with Gasteiger partial charge in [-0.15, -0.1) is 0 Å². The lowest BCUT2D eigenvalue weighted by Crippen LogP contribution is -2.16. The van der Waals surface area contributed by atoms with E-state index in [9.17, 15) is 0 Å². The molecule has 1 aromatic heterocycles. The first-order valence-corrected chi connectivity index (χ1v) is 6.10. The maximum atomic E-state index is 5.46. The molecule has 0 unspecified atom stereocenters. The molecule has 2 aromatic rings. The standard InChI is InChI=1S/C15H21NO/c1-14(2,3)10-8-7-9-11-12(10)13(16-17-11)15(4,5)6/h7-9H,1-6H3. The van der Waals surface area contributed by atoms with Crippen LogP contribution in [0.1, 0.15) is 52.8 Å². The number of nitrogens with zero attached hydrogens (tertiary/aromatic N) is 1. The monoisotopic (exact) mass is 231 g/mol. The predicted octanol–water partition coefficient (Wildman–Crippen LogP) is 4.42. The summed E-state index contributed by atoms with van der Waals surface area (Å²) in [4.78, 5) is 0. The second-order valence-electron chi connectivity index (χ2n) is 6.71. The first-order valence-electron chi connectivity index (χ1n) is 6.10. The Labute approximate surface area is 103 Å². The molecule has 0 amide bonds. The van der Waals surface area contributed by atoms with Crippen LogP contribution in [0.5, 0.6) is 0 Å². The molecule has 0 saturated carbocycles. The van der Waals surface area contributed by atoms with E-state index in [0.717, 1.165) is 11.3 Å². The Morgan fingerprint density at radius 1 is 0.941 bits per heavy atom. The van der Waals surface area contributed by atoms with Crippen molar-refractivity contribution in [2.45, 2.75) is 52.4 Å². The van der Waals surface area contributed by atoms with Gasteiger partial charge in [0.05, 0.1) is 5.69 Å². The third kappa shape index (κ3) is 2.08. The second kappa shape index (κ2) is 3.59. The molecule has 0 aliphatic carbocycles. The number of hydrogen-bond acceptors (Lipinski definition) is 2. The van der Waals surface area contributed by atoms with Gasteiger partial charge in [0.25, 0.3) is 0 Å². The van der Waals surface area contributed by atoms with Crippen molar-refractivity contribution in [3.05, 3.63) is 29.5 Å². The molecule has 0 aliphatic rings. The smallest absolute Gasteiger partial charge is 0.167 e. The summed E-state index contributed by atoms with van der Waals surface area (Å²) in [7, 11) is 0. The average molecular weight is 231 g/mol. The lowest BCUT2D eigenvalue weighted by molar-refractivity contribution is 0.419. The summed E-state index contributed by atoms with van der Waals surface area (Å²) in [6, 6.07) is 6.21. The van der Waals surface area contributed by atoms with Crippen molar-refractivity contribution in [2.24, 2.45) is 0 Å². The second-order valence-corrected chi connectivity index (χ2v) is 6.71. The Kier molecular flexibility index (Phi) is 2.57. The molecule has 0 atom stereocenters. The number of aromatic nitrogens is 1. The summed E-state index contributed by atoms with van der Waals surface area (Å²) in [5, 5.41) is 5.45. The minimum Gasteiger partial charge on any atom is -0.356 e. The lowest BCUT2D eigenvalue weighted by atomic mass is 9.81. The van der Waals surface area contributed by atoms with Crippen LogP contribution in [0.3, 0.4) is 0 Å². The van der Waals surface area contributed by atoms with E-state index in [1.54, 1.807) is 0 Å². The van der Waals surface area contributed by atoms with Crippen LogP contribution in [0, 0.1) is 0 Å². The molecule has 0 radical (unpaired) electrons. The SMILES string of the molecule is CC(C)(C)c1cccc2onc(C(C)(C)C)c12. The lowest BCUT2D eigenvalue weighted by Gasteiger charge is -2.22. The number of fused-ring (bicyclic) bond motifs is 1. The molecule has 92 valence electrons. The van der Waals surface area contributed by atoms with Crippen molar-refractivity contribution < 1.29 is 4.52 Å². The van der Waals surface area contributed by atoms with Gasteiger partial charge in [-0.05, 0) is 17.0 Å². The van der Waals surface area contributed by atoms with Crippen molar-refractivity contribution in [2.75, 3.05) is 0 Å². The molecular formula is C15H21NO. The molecule has 2 rings (SSSR count). The Hall–Kier alpha value is -1.31. The Morgan fingerprint density at radius 2 is 1.59 bits per heavy atom. The molecule has 0 bridgehead atoms. The zero-order chi connectivity index (χ0) is 12.8. The molecule has 2 heteroatoms. The van der Waals surface area contributed by atoms with Crippen LogP contribution < -0.4 is 0 Å². The van der Waals surface area contributed by atoms with Gasteiger partial charge in [0.1, 0.15) is 0 Å². The molecule has 0 N–H and O–H groups in total. The maximum absolute atomic E-state index is 5.46. The van der Waals surface area contributed by atoms with Gasteiger partial charge in [-0.25, -0.2) is 0 Å². The summed E-state index contributed by atoms with van der Waals surface area (Å²) in [6.07, 6.45) is 0. The molecular weight excluding hydrogens is 210 g/mol. The summed E-state index contributed by atoms with van der Waals surface area (Å²) >= 11 is 0. The van der Waals surface area contributed by atoms with Crippen LogP contribution in [-0.2, 0) is 10.8 Å². The molecule has 0 saturated heterocycles. The van der Waals surface area contributed by atoms with Crippen molar-refractivity contribution in [3.8, 4) is 0 Å². The van der Waals surface area contributed by atoms with Crippen molar-refractivity contribution >= 4 is 11.0 Å². The quantitative estimate of drug-likeness (QED) is 0.670. The van der Waals surface area contributed by atoms with Crippen molar-refractivity contribution in [1.82, 2.24) is 5.16 Å². The first kappa shape index (κ1) is 12.2. The van der Waals surface area contributed by atoms with Gasteiger partial charge in [0.15, 0.2) is 5.58 Å². The molecule has 0 spiro atoms. The van der Waals surface area contributed by atoms with Gasteiger partial charge >= 0.3 is 0 Å². The summed E-state index contributed by atoms with van der Waals surface area (Å²) in [5.41, 5.74) is 3.36. The van der Waals surface area contributed by atoms with Gasteiger partial charge in [-0.3, -0.25) is 0 Å². The Balaban J connectivity index is 2.82. The van der Waals surface area contributed by atoms with Crippen molar-refractivity contribution in [3.63, 3.8) is 0 Å². The van der Waals surface area contributed by atoms with E-state index < -0.39 is 0 Å². The van der Waals surface area contributed by atoms with Gasteiger partial charge in [-0.1, -0.05) is 58.8 Å². The molecule has 1 heterocycles. The number of hydrogen-bond donors (Lipinski definition) is 0. The van der Waals surface area contributed by atoms with Gasteiger partial charge < -0.3 is 4.52 Å². The first-order chi connectivity index (χ1) is 7.71. The zero-order valence-electron chi connectivity index (χ0n) is 11.6. The van der Waals surface area contributed by atoms with E-state index in [1.807, 2.05) is 12.1 Å². The fraction of sp³-hybridized carbons (Fsp3) is 0.533. The van der Waals surface area contributed by atoms with E-state index in [1.165, 1.54) is 10.9 Å². The van der Waals surface area contributed by atoms with Crippen LogP contribution in [0.25, 0.3) is 11.0 Å². The van der Waals surface area contributed by atoms with Crippen LogP contribution in [0.2, 0.25) is 0 Å². The number of benzene rings is 1. The third-order valence-electron chi connectivity index (χ3n) is 3.02. The van der Waals surface area contributed by atoms with E-state index in [0.29, 0.717) is 0 Å². The van der Waals surface area contributed by atoms with E-state index in [-0.39, 0.29) is 10.8 Å². The molecule has 1 aromatic carbocycles. The molecule has 0 fully saturated rings. The highest BCUT2D eigenvalue weighted by Gasteiger charge is 2.27. The molecule has 2 nitrogen and oxygen atoms in total. The number of rotatable bonds is 0. The van der Waals surface area contributed by atoms with Gasteiger partial charge in [0.2, 0.25) is 0 Å². The van der Waals surface area contributed by atoms with Gasteiger partial charge in [0, 0.05) is 10.8 Å². The fourth-order valence-corrected chi connectivity index (χ4v) is 2.13. The Bertz CT molecular complexity index is 538. The van der Waals surface area contributed by atoms with Crippen LogP contribution in [0.4, 0.5) is 0 Å². The third-order valence-corrected chi connectivity index (χ3v) is 3.02. The van der Waals surface area contributed by atoms with Crippen LogP contribution in [0.15, 0.2) is 22.7 Å². The Morgan fingerprint density at radius 3 is 2.12 bits per heavy atom.